The third kappa shape index (κ3) is 6.82. The van der Waals surface area contributed by atoms with Crippen molar-refractivity contribution < 1.29 is 4.79 Å². The summed E-state index contributed by atoms with van der Waals surface area (Å²) in [6.45, 7) is 0. The van der Waals surface area contributed by atoms with E-state index < -0.39 is 0 Å². The molecular formula is C26H35NO. The minimum Gasteiger partial charge on any atom is -0.326 e. The summed E-state index contributed by atoms with van der Waals surface area (Å²) in [7, 11) is 0. The highest BCUT2D eigenvalue weighted by atomic mass is 16.1. The predicted octanol–water partition coefficient (Wildman–Crippen LogP) is 7.33. The van der Waals surface area contributed by atoms with Crippen molar-refractivity contribution in [1.82, 2.24) is 0 Å². The minimum atomic E-state index is 0.158. The molecule has 2 aromatic carbocycles. The molecule has 2 aromatic rings. The predicted molar refractivity (Wildman–Crippen MR) is 119 cm³/mol. The van der Waals surface area contributed by atoms with Gasteiger partial charge < -0.3 is 5.32 Å². The molecule has 0 spiro atoms. The quantitative estimate of drug-likeness (QED) is 0.596. The van der Waals surface area contributed by atoms with Gasteiger partial charge in [0.15, 0.2) is 0 Å². The van der Waals surface area contributed by atoms with E-state index in [9.17, 15) is 4.79 Å². The third-order valence-electron chi connectivity index (χ3n) is 6.14. The van der Waals surface area contributed by atoms with Gasteiger partial charge in [-0.3, -0.25) is 4.79 Å². The van der Waals surface area contributed by atoms with E-state index in [0.29, 0.717) is 5.92 Å². The average Bonchev–Trinajstić information content (AvgIpc) is 2.76. The van der Waals surface area contributed by atoms with Crippen LogP contribution >= 0.6 is 0 Å². The Hall–Kier alpha value is -2.09. The maximum absolute atomic E-state index is 12.8. The molecule has 1 saturated carbocycles. The first-order chi connectivity index (χ1) is 13.8. The SMILES string of the molecule is O=C(Nc1ccccc1)C1CCCCCCC(c2ccccc2)CCCCC1. The zero-order valence-corrected chi connectivity index (χ0v) is 17.1. The summed E-state index contributed by atoms with van der Waals surface area (Å²) in [4.78, 5) is 12.8. The Kier molecular flexibility index (Phi) is 8.61. The summed E-state index contributed by atoms with van der Waals surface area (Å²) in [6, 6.07) is 20.9. The van der Waals surface area contributed by atoms with E-state index in [2.05, 4.69) is 35.6 Å². The monoisotopic (exact) mass is 377 g/mol. The number of rotatable bonds is 3. The van der Waals surface area contributed by atoms with E-state index in [-0.39, 0.29) is 11.8 Å². The molecule has 0 saturated heterocycles. The van der Waals surface area contributed by atoms with Gasteiger partial charge >= 0.3 is 0 Å². The molecule has 2 nitrogen and oxygen atoms in total. The number of amides is 1. The molecule has 2 unspecified atom stereocenters. The number of anilines is 1. The zero-order chi connectivity index (χ0) is 19.4. The second-order valence-electron chi connectivity index (χ2n) is 8.29. The Morgan fingerprint density at radius 1 is 0.643 bits per heavy atom. The lowest BCUT2D eigenvalue weighted by molar-refractivity contribution is -0.120. The normalized spacial score (nSPS) is 22.3. The second kappa shape index (κ2) is 11.7. The van der Waals surface area contributed by atoms with Crippen LogP contribution in [-0.2, 0) is 4.79 Å². The fourth-order valence-corrected chi connectivity index (χ4v) is 4.47. The maximum Gasteiger partial charge on any atom is 0.227 e. The standard InChI is InChI=1S/C26H35NO/c28-26(27-25-20-12-5-13-21-25)24-18-7-2-1-6-14-22(17-10-4-11-19-24)23-15-8-3-9-16-23/h3,5,8-9,12-13,15-16,20-22,24H,1-2,4,6-7,10-11,14,17-19H2,(H,27,28). The number of nitrogens with one attached hydrogen (secondary N) is 1. The van der Waals surface area contributed by atoms with Crippen LogP contribution in [0.4, 0.5) is 5.69 Å². The Bertz CT molecular complexity index is 682. The van der Waals surface area contributed by atoms with Crippen LogP contribution in [0.15, 0.2) is 60.7 Å². The highest BCUT2D eigenvalue weighted by molar-refractivity contribution is 5.92. The summed E-state index contributed by atoms with van der Waals surface area (Å²) in [5.41, 5.74) is 2.43. The van der Waals surface area contributed by atoms with Crippen LogP contribution in [0.1, 0.15) is 82.1 Å². The molecule has 2 heteroatoms. The van der Waals surface area contributed by atoms with Crippen LogP contribution in [0.2, 0.25) is 0 Å². The van der Waals surface area contributed by atoms with Crippen LogP contribution in [0, 0.1) is 5.92 Å². The van der Waals surface area contributed by atoms with Crippen LogP contribution in [0.3, 0.4) is 0 Å². The molecule has 1 N–H and O–H groups in total. The molecule has 0 aromatic heterocycles. The summed E-state index contributed by atoms with van der Waals surface area (Å²) in [5, 5.41) is 3.13. The molecule has 28 heavy (non-hydrogen) atoms. The summed E-state index contributed by atoms with van der Waals surface area (Å²) in [5.74, 6) is 1.08. The average molecular weight is 378 g/mol. The summed E-state index contributed by atoms with van der Waals surface area (Å²) in [6.07, 6.45) is 13.3. The van der Waals surface area contributed by atoms with Gasteiger partial charge in [0.05, 0.1) is 0 Å². The third-order valence-corrected chi connectivity index (χ3v) is 6.14. The van der Waals surface area contributed by atoms with E-state index in [4.69, 9.17) is 0 Å². The number of carbonyl (C=O) groups is 1. The van der Waals surface area contributed by atoms with E-state index in [1.165, 1.54) is 56.9 Å². The molecule has 1 aliphatic carbocycles. The molecule has 1 amide bonds. The Morgan fingerprint density at radius 3 is 1.75 bits per heavy atom. The molecule has 150 valence electrons. The smallest absolute Gasteiger partial charge is 0.227 e. The number of hydrogen-bond donors (Lipinski definition) is 1. The van der Waals surface area contributed by atoms with Crippen molar-refractivity contribution >= 4 is 11.6 Å². The topological polar surface area (TPSA) is 29.1 Å². The van der Waals surface area contributed by atoms with E-state index in [1.807, 2.05) is 30.3 Å². The molecule has 2 atom stereocenters. The van der Waals surface area contributed by atoms with Gasteiger partial charge in [0.2, 0.25) is 5.91 Å². The van der Waals surface area contributed by atoms with Crippen LogP contribution in [0.5, 0.6) is 0 Å². The maximum atomic E-state index is 12.8. The van der Waals surface area contributed by atoms with Crippen LogP contribution < -0.4 is 5.32 Å². The number of benzene rings is 2. The first kappa shape index (κ1) is 20.6. The summed E-state index contributed by atoms with van der Waals surface area (Å²) >= 11 is 0. The first-order valence-corrected chi connectivity index (χ1v) is 11.2. The zero-order valence-electron chi connectivity index (χ0n) is 17.1. The van der Waals surface area contributed by atoms with Gasteiger partial charge in [-0.05, 0) is 49.3 Å². The van der Waals surface area contributed by atoms with Crippen LogP contribution in [-0.4, -0.2) is 5.91 Å². The number of hydrogen-bond acceptors (Lipinski definition) is 1. The number of carbonyl (C=O) groups excluding carboxylic acids is 1. The van der Waals surface area contributed by atoms with Gasteiger partial charge in [-0.15, -0.1) is 0 Å². The molecule has 1 fully saturated rings. The van der Waals surface area contributed by atoms with Crippen molar-refractivity contribution in [1.29, 1.82) is 0 Å². The van der Waals surface area contributed by atoms with E-state index in [1.54, 1.807) is 0 Å². The molecular weight excluding hydrogens is 342 g/mol. The van der Waals surface area contributed by atoms with Crippen molar-refractivity contribution in [3.05, 3.63) is 66.2 Å². The van der Waals surface area contributed by atoms with Crippen molar-refractivity contribution in [3.8, 4) is 0 Å². The van der Waals surface area contributed by atoms with Gasteiger partial charge in [0, 0.05) is 11.6 Å². The fraction of sp³-hybridized carbons (Fsp3) is 0.500. The highest BCUT2D eigenvalue weighted by Gasteiger charge is 2.19. The lowest BCUT2D eigenvalue weighted by atomic mass is 9.88. The van der Waals surface area contributed by atoms with Gasteiger partial charge in [0.25, 0.3) is 0 Å². The highest BCUT2D eigenvalue weighted by Crippen LogP contribution is 2.30. The van der Waals surface area contributed by atoms with Crippen molar-refractivity contribution in [2.75, 3.05) is 5.32 Å². The van der Waals surface area contributed by atoms with Crippen molar-refractivity contribution in [2.24, 2.45) is 5.92 Å². The van der Waals surface area contributed by atoms with Gasteiger partial charge in [-0.25, -0.2) is 0 Å². The first-order valence-electron chi connectivity index (χ1n) is 11.2. The number of para-hydroxylation sites is 1. The molecule has 0 bridgehead atoms. The second-order valence-corrected chi connectivity index (χ2v) is 8.29. The largest absolute Gasteiger partial charge is 0.326 e. The Labute approximate surface area is 170 Å². The fourth-order valence-electron chi connectivity index (χ4n) is 4.47. The van der Waals surface area contributed by atoms with E-state index >= 15 is 0 Å². The Morgan fingerprint density at radius 2 is 1.14 bits per heavy atom. The molecule has 1 aliphatic rings. The van der Waals surface area contributed by atoms with Crippen molar-refractivity contribution in [2.45, 2.75) is 76.5 Å². The van der Waals surface area contributed by atoms with Gasteiger partial charge in [-0.2, -0.15) is 0 Å². The molecule has 0 radical (unpaired) electrons. The van der Waals surface area contributed by atoms with Gasteiger partial charge in [-0.1, -0.05) is 93.5 Å². The minimum absolute atomic E-state index is 0.158. The van der Waals surface area contributed by atoms with Gasteiger partial charge in [0.1, 0.15) is 0 Å². The van der Waals surface area contributed by atoms with Crippen molar-refractivity contribution in [3.63, 3.8) is 0 Å². The lowest BCUT2D eigenvalue weighted by Gasteiger charge is -2.17. The Balaban J connectivity index is 1.53. The summed E-state index contributed by atoms with van der Waals surface area (Å²) < 4.78 is 0. The van der Waals surface area contributed by atoms with Crippen LogP contribution in [0.25, 0.3) is 0 Å². The lowest BCUT2D eigenvalue weighted by Crippen LogP contribution is -2.23. The van der Waals surface area contributed by atoms with E-state index in [0.717, 1.165) is 24.9 Å². The molecule has 3 rings (SSSR count). The molecule has 0 heterocycles. The molecule has 0 aliphatic heterocycles.